The average Bonchev–Trinajstić information content (AvgIpc) is 3.38. The molecule has 3 aromatic carbocycles. The Kier molecular flexibility index (Phi) is 7.48. The zero-order valence-electron chi connectivity index (χ0n) is 22.1. The fourth-order valence-corrected chi connectivity index (χ4v) is 4.47. The topological polar surface area (TPSA) is 80.6 Å². The van der Waals surface area contributed by atoms with Gasteiger partial charge < -0.3 is 19.8 Å². The third-order valence-corrected chi connectivity index (χ3v) is 7.13. The molecule has 37 heavy (non-hydrogen) atoms. The lowest BCUT2D eigenvalue weighted by Gasteiger charge is -2.18. The summed E-state index contributed by atoms with van der Waals surface area (Å²) in [5, 5.41) is 5.67. The highest BCUT2D eigenvalue weighted by atomic mass is 16.5. The first-order valence-electron chi connectivity index (χ1n) is 12.2. The summed E-state index contributed by atoms with van der Waals surface area (Å²) >= 11 is 0. The molecule has 0 spiro atoms. The van der Waals surface area contributed by atoms with Crippen LogP contribution in [0.5, 0.6) is 5.75 Å². The number of carbonyl (C=O) groups is 2. The second-order valence-electron chi connectivity index (χ2n) is 9.24. The third-order valence-electron chi connectivity index (χ3n) is 7.13. The first kappa shape index (κ1) is 25.8. The molecule has 4 rings (SSSR count). The SMILES string of the molecule is COc1ccc(C(=O)Nc2ccccc2)cc1NC(=O)c1ccc(Cc2c(C)c(C)c(C)c(C)c2C)o1. The molecular formula is C31H32N2O4. The monoisotopic (exact) mass is 496 g/mol. The summed E-state index contributed by atoms with van der Waals surface area (Å²) in [6.45, 7) is 10.7. The maximum atomic E-state index is 13.0. The molecule has 0 aliphatic heterocycles. The Hall–Kier alpha value is -4.32. The van der Waals surface area contributed by atoms with Crippen LogP contribution in [0.1, 0.15) is 60.1 Å². The Morgan fingerprint density at radius 1 is 0.757 bits per heavy atom. The van der Waals surface area contributed by atoms with Gasteiger partial charge in [0, 0.05) is 17.7 Å². The highest BCUT2D eigenvalue weighted by Crippen LogP contribution is 2.29. The van der Waals surface area contributed by atoms with Crippen molar-refractivity contribution in [2.75, 3.05) is 17.7 Å². The van der Waals surface area contributed by atoms with Crippen LogP contribution in [-0.4, -0.2) is 18.9 Å². The number of hydrogen-bond acceptors (Lipinski definition) is 4. The standard InChI is InChI=1S/C31H32N2O4/c1-18-19(2)21(4)26(22(5)20(18)3)17-25-13-15-29(37-25)31(35)33-27-16-23(12-14-28(27)36-6)30(34)32-24-10-8-7-9-11-24/h7-16H,17H2,1-6H3,(H,32,34)(H,33,35). The van der Waals surface area contributed by atoms with Crippen LogP contribution < -0.4 is 15.4 Å². The van der Waals surface area contributed by atoms with Crippen molar-refractivity contribution in [1.82, 2.24) is 0 Å². The van der Waals surface area contributed by atoms with Gasteiger partial charge in [0.25, 0.3) is 11.8 Å². The smallest absolute Gasteiger partial charge is 0.291 e. The summed E-state index contributed by atoms with van der Waals surface area (Å²) in [5.41, 5.74) is 9.04. The molecule has 0 saturated heterocycles. The molecule has 6 nitrogen and oxygen atoms in total. The first-order chi connectivity index (χ1) is 17.7. The number of rotatable bonds is 7. The summed E-state index contributed by atoms with van der Waals surface area (Å²) in [6, 6.07) is 17.6. The van der Waals surface area contributed by atoms with Crippen molar-refractivity contribution in [2.45, 2.75) is 41.0 Å². The molecule has 0 saturated carbocycles. The summed E-state index contributed by atoms with van der Waals surface area (Å²) in [7, 11) is 1.51. The maximum absolute atomic E-state index is 13.0. The number of furan rings is 1. The van der Waals surface area contributed by atoms with Crippen molar-refractivity contribution < 1.29 is 18.7 Å². The number of ether oxygens (including phenoxy) is 1. The van der Waals surface area contributed by atoms with Crippen molar-refractivity contribution >= 4 is 23.2 Å². The number of anilines is 2. The number of nitrogens with one attached hydrogen (secondary N) is 2. The van der Waals surface area contributed by atoms with Crippen LogP contribution >= 0.6 is 0 Å². The third kappa shape index (κ3) is 5.43. The molecule has 190 valence electrons. The van der Waals surface area contributed by atoms with Gasteiger partial charge in [0.1, 0.15) is 11.5 Å². The normalized spacial score (nSPS) is 10.8. The van der Waals surface area contributed by atoms with Gasteiger partial charge >= 0.3 is 0 Å². The maximum Gasteiger partial charge on any atom is 0.291 e. The van der Waals surface area contributed by atoms with Gasteiger partial charge in [-0.1, -0.05) is 18.2 Å². The predicted molar refractivity (Wildman–Crippen MR) is 147 cm³/mol. The number of hydrogen-bond donors (Lipinski definition) is 2. The van der Waals surface area contributed by atoms with Gasteiger partial charge in [0.2, 0.25) is 0 Å². The van der Waals surface area contributed by atoms with Gasteiger partial charge in [0.15, 0.2) is 5.76 Å². The van der Waals surface area contributed by atoms with Crippen molar-refractivity contribution in [1.29, 1.82) is 0 Å². The molecule has 4 aromatic rings. The van der Waals surface area contributed by atoms with Crippen LogP contribution in [0, 0.1) is 34.6 Å². The molecule has 0 aliphatic rings. The van der Waals surface area contributed by atoms with Crippen molar-refractivity contribution in [3.05, 3.63) is 111 Å². The molecule has 1 heterocycles. The van der Waals surface area contributed by atoms with Crippen LogP contribution in [-0.2, 0) is 6.42 Å². The van der Waals surface area contributed by atoms with E-state index in [0.717, 1.165) is 0 Å². The van der Waals surface area contributed by atoms with E-state index in [-0.39, 0.29) is 11.7 Å². The summed E-state index contributed by atoms with van der Waals surface area (Å²) < 4.78 is 11.3. The summed E-state index contributed by atoms with van der Waals surface area (Å²) in [6.07, 6.45) is 0.603. The Morgan fingerprint density at radius 2 is 1.41 bits per heavy atom. The zero-order valence-corrected chi connectivity index (χ0v) is 22.1. The summed E-state index contributed by atoms with van der Waals surface area (Å²) in [5.74, 6) is 0.621. The molecule has 0 bridgehead atoms. The minimum atomic E-state index is -0.421. The second kappa shape index (κ2) is 10.7. The molecule has 0 unspecified atom stereocenters. The molecule has 0 fully saturated rings. The quantitative estimate of drug-likeness (QED) is 0.291. The van der Waals surface area contributed by atoms with Gasteiger partial charge in [0.05, 0.1) is 12.8 Å². The Labute approximate surface area is 217 Å². The van der Waals surface area contributed by atoms with Gasteiger partial charge in [-0.15, -0.1) is 0 Å². The van der Waals surface area contributed by atoms with Crippen LogP contribution in [0.4, 0.5) is 11.4 Å². The van der Waals surface area contributed by atoms with Gasteiger partial charge in [-0.05, 0) is 110 Å². The minimum absolute atomic E-state index is 0.187. The van der Waals surface area contributed by atoms with Crippen LogP contribution in [0.25, 0.3) is 0 Å². The zero-order chi connectivity index (χ0) is 26.7. The van der Waals surface area contributed by atoms with Crippen molar-refractivity contribution in [3.8, 4) is 5.75 Å². The van der Waals surface area contributed by atoms with Gasteiger partial charge in [-0.25, -0.2) is 0 Å². The van der Waals surface area contributed by atoms with Gasteiger partial charge in [-0.2, -0.15) is 0 Å². The number of methoxy groups -OCH3 is 1. The Morgan fingerprint density at radius 3 is 2.05 bits per heavy atom. The van der Waals surface area contributed by atoms with E-state index in [1.54, 1.807) is 36.4 Å². The van der Waals surface area contributed by atoms with Crippen LogP contribution in [0.3, 0.4) is 0 Å². The number of amides is 2. The highest BCUT2D eigenvalue weighted by molar-refractivity contribution is 6.07. The Bertz CT molecular complexity index is 1440. The number of para-hydroxylation sites is 1. The van der Waals surface area contributed by atoms with E-state index in [2.05, 4.69) is 45.3 Å². The highest BCUT2D eigenvalue weighted by Gasteiger charge is 2.18. The van der Waals surface area contributed by atoms with Crippen molar-refractivity contribution in [3.63, 3.8) is 0 Å². The largest absolute Gasteiger partial charge is 0.495 e. The molecule has 0 atom stereocenters. The van der Waals surface area contributed by atoms with E-state index in [1.807, 2.05) is 24.3 Å². The molecule has 0 radical (unpaired) electrons. The fraction of sp³-hybridized carbons (Fsp3) is 0.226. The molecule has 6 heteroatoms. The van der Waals surface area contributed by atoms with E-state index in [1.165, 1.54) is 40.5 Å². The Balaban J connectivity index is 1.53. The second-order valence-corrected chi connectivity index (χ2v) is 9.24. The van der Waals surface area contributed by atoms with E-state index in [0.29, 0.717) is 34.9 Å². The number of carbonyl (C=O) groups excluding carboxylic acids is 2. The lowest BCUT2D eigenvalue weighted by Crippen LogP contribution is -2.15. The van der Waals surface area contributed by atoms with Gasteiger partial charge in [-0.3, -0.25) is 9.59 Å². The lowest BCUT2D eigenvalue weighted by atomic mass is 9.88. The van der Waals surface area contributed by atoms with E-state index < -0.39 is 5.91 Å². The van der Waals surface area contributed by atoms with E-state index in [9.17, 15) is 9.59 Å². The predicted octanol–water partition coefficient (Wildman–Crippen LogP) is 6.93. The molecule has 0 aliphatic carbocycles. The lowest BCUT2D eigenvalue weighted by molar-refractivity contribution is 0.0991. The van der Waals surface area contributed by atoms with E-state index in [4.69, 9.17) is 9.15 Å². The fourth-order valence-electron chi connectivity index (χ4n) is 4.47. The van der Waals surface area contributed by atoms with Crippen LogP contribution in [0.2, 0.25) is 0 Å². The molecule has 1 aromatic heterocycles. The molecular weight excluding hydrogens is 464 g/mol. The van der Waals surface area contributed by atoms with Crippen molar-refractivity contribution in [2.24, 2.45) is 0 Å². The first-order valence-corrected chi connectivity index (χ1v) is 12.2. The summed E-state index contributed by atoms with van der Waals surface area (Å²) in [4.78, 5) is 25.8. The molecule has 2 amide bonds. The number of benzene rings is 3. The van der Waals surface area contributed by atoms with Crippen LogP contribution in [0.15, 0.2) is 65.1 Å². The minimum Gasteiger partial charge on any atom is -0.495 e. The van der Waals surface area contributed by atoms with E-state index >= 15 is 0 Å². The average molecular weight is 497 g/mol. The molecule has 2 N–H and O–H groups in total.